The third-order valence-corrected chi connectivity index (χ3v) is 4.86. The molecule has 140 valence electrons. The van der Waals surface area contributed by atoms with Crippen molar-refractivity contribution in [2.24, 2.45) is 7.05 Å². The topological polar surface area (TPSA) is 64.0 Å². The van der Waals surface area contributed by atoms with Crippen LogP contribution >= 0.6 is 23.2 Å². The van der Waals surface area contributed by atoms with E-state index in [-0.39, 0.29) is 27.9 Å². The Morgan fingerprint density at radius 1 is 1.22 bits per heavy atom. The van der Waals surface area contributed by atoms with Gasteiger partial charge in [-0.3, -0.25) is 9.59 Å². The lowest BCUT2D eigenvalue weighted by atomic mass is 10.1. The molecule has 0 saturated carbocycles. The quantitative estimate of drug-likeness (QED) is 0.668. The highest BCUT2D eigenvalue weighted by Gasteiger charge is 2.17. The smallest absolute Gasteiger partial charge is 0.274 e. The van der Waals surface area contributed by atoms with Crippen LogP contribution in [-0.2, 0) is 18.3 Å². The molecule has 0 aliphatic rings. The molecule has 5 nitrogen and oxygen atoms in total. The minimum Gasteiger partial charge on any atom is -0.349 e. The number of hydrogen-bond donors (Lipinski definition) is 1. The molecule has 3 aromatic rings. The van der Waals surface area contributed by atoms with E-state index in [4.69, 9.17) is 23.2 Å². The van der Waals surface area contributed by atoms with Gasteiger partial charge in [-0.25, -0.2) is 9.07 Å². The van der Waals surface area contributed by atoms with E-state index in [2.05, 4.69) is 10.4 Å². The number of benzene rings is 2. The lowest BCUT2D eigenvalue weighted by molar-refractivity contribution is -0.121. The number of amides is 1. The van der Waals surface area contributed by atoms with Crippen LogP contribution in [0.15, 0.2) is 41.2 Å². The lowest BCUT2D eigenvalue weighted by Crippen LogP contribution is -2.30. The molecular formula is C19H16Cl2FN3O2. The van der Waals surface area contributed by atoms with E-state index in [1.807, 2.05) is 0 Å². The maximum atomic E-state index is 13.7. The predicted octanol–water partition coefficient (Wildman–Crippen LogP) is 3.80. The van der Waals surface area contributed by atoms with Gasteiger partial charge in [-0.15, -0.1) is 0 Å². The molecule has 0 fully saturated rings. The predicted molar refractivity (Wildman–Crippen MR) is 104 cm³/mol. The number of carbonyl (C=O) groups excluding carboxylic acids is 1. The van der Waals surface area contributed by atoms with Crippen LogP contribution in [0, 0.1) is 5.82 Å². The zero-order chi connectivity index (χ0) is 19.7. The molecule has 0 aliphatic heterocycles. The van der Waals surface area contributed by atoms with Gasteiger partial charge in [0.1, 0.15) is 5.82 Å². The molecule has 27 heavy (non-hydrogen) atoms. The van der Waals surface area contributed by atoms with E-state index in [1.54, 1.807) is 31.2 Å². The number of nitrogens with one attached hydrogen (secondary N) is 1. The van der Waals surface area contributed by atoms with Gasteiger partial charge in [-0.1, -0.05) is 41.4 Å². The first-order chi connectivity index (χ1) is 12.8. The molecule has 0 aliphatic carbocycles. The van der Waals surface area contributed by atoms with Crippen LogP contribution in [0.4, 0.5) is 4.39 Å². The number of fused-ring (bicyclic) bond motifs is 1. The Kier molecular flexibility index (Phi) is 5.48. The standard InChI is InChI=1S/C19H16Cl2FN3O2/c1-10(13-7-16(22)15(21)8-14(13)20)23-18(26)9-17-11-5-3-4-6-12(11)19(27)25(2)24-17/h3-8,10H,9H2,1-2H3,(H,23,26)/t10-/m1/s1. The van der Waals surface area contributed by atoms with Crippen molar-refractivity contribution in [3.05, 3.63) is 73.9 Å². The van der Waals surface area contributed by atoms with Gasteiger partial charge in [-0.05, 0) is 30.7 Å². The van der Waals surface area contributed by atoms with Crippen molar-refractivity contribution in [3.63, 3.8) is 0 Å². The molecule has 0 radical (unpaired) electrons. The van der Waals surface area contributed by atoms with Crippen LogP contribution in [0.1, 0.15) is 24.2 Å². The monoisotopic (exact) mass is 407 g/mol. The number of aromatic nitrogens is 2. The Morgan fingerprint density at radius 2 is 1.89 bits per heavy atom. The van der Waals surface area contributed by atoms with Gasteiger partial charge < -0.3 is 5.32 Å². The first-order valence-electron chi connectivity index (χ1n) is 8.16. The van der Waals surface area contributed by atoms with Crippen molar-refractivity contribution < 1.29 is 9.18 Å². The minimum absolute atomic E-state index is 0.0351. The van der Waals surface area contributed by atoms with Gasteiger partial charge in [0.2, 0.25) is 5.91 Å². The largest absolute Gasteiger partial charge is 0.349 e. The molecule has 1 N–H and O–H groups in total. The van der Waals surface area contributed by atoms with Crippen molar-refractivity contribution >= 4 is 39.9 Å². The molecule has 0 saturated heterocycles. The maximum Gasteiger partial charge on any atom is 0.274 e. The lowest BCUT2D eigenvalue weighted by Gasteiger charge is -2.17. The first-order valence-corrected chi connectivity index (χ1v) is 8.92. The summed E-state index contributed by atoms with van der Waals surface area (Å²) in [5.74, 6) is -0.937. The van der Waals surface area contributed by atoms with Gasteiger partial charge >= 0.3 is 0 Å². The van der Waals surface area contributed by atoms with Crippen LogP contribution in [-0.4, -0.2) is 15.7 Å². The molecule has 1 amide bonds. The summed E-state index contributed by atoms with van der Waals surface area (Å²) in [6.45, 7) is 1.69. The molecular weight excluding hydrogens is 392 g/mol. The van der Waals surface area contributed by atoms with E-state index in [9.17, 15) is 14.0 Å². The SMILES string of the molecule is C[C@@H](NC(=O)Cc1nn(C)c(=O)c2ccccc12)c1cc(F)c(Cl)cc1Cl. The van der Waals surface area contributed by atoms with E-state index in [1.165, 1.54) is 23.9 Å². The summed E-state index contributed by atoms with van der Waals surface area (Å²) in [4.78, 5) is 24.7. The second-order valence-corrected chi connectivity index (χ2v) is 6.99. The fourth-order valence-corrected chi connectivity index (χ4v) is 3.45. The molecule has 1 aromatic heterocycles. The number of aryl methyl sites for hydroxylation is 1. The zero-order valence-electron chi connectivity index (χ0n) is 14.6. The van der Waals surface area contributed by atoms with E-state index < -0.39 is 11.9 Å². The summed E-state index contributed by atoms with van der Waals surface area (Å²) in [5, 5.41) is 8.28. The molecule has 8 heteroatoms. The minimum atomic E-state index is -0.608. The van der Waals surface area contributed by atoms with E-state index in [0.29, 0.717) is 22.0 Å². The summed E-state index contributed by atoms with van der Waals surface area (Å²) < 4.78 is 14.9. The highest BCUT2D eigenvalue weighted by molar-refractivity contribution is 6.35. The Hall–Kier alpha value is -2.44. The van der Waals surface area contributed by atoms with E-state index >= 15 is 0 Å². The first kappa shape index (κ1) is 19.3. The Morgan fingerprint density at radius 3 is 2.59 bits per heavy atom. The van der Waals surface area contributed by atoms with Gasteiger partial charge in [0.05, 0.1) is 28.6 Å². The molecule has 1 atom stereocenters. The molecule has 3 rings (SSSR count). The molecule has 0 unspecified atom stereocenters. The Labute approximate surface area is 164 Å². The van der Waals surface area contributed by atoms with Crippen LogP contribution in [0.2, 0.25) is 10.0 Å². The number of rotatable bonds is 4. The normalized spacial score (nSPS) is 12.2. The third-order valence-electron chi connectivity index (χ3n) is 4.24. The van der Waals surface area contributed by atoms with Crippen LogP contribution in [0.3, 0.4) is 0 Å². The van der Waals surface area contributed by atoms with E-state index in [0.717, 1.165) is 0 Å². The second-order valence-electron chi connectivity index (χ2n) is 6.17. The summed E-state index contributed by atoms with van der Waals surface area (Å²) >= 11 is 11.8. The van der Waals surface area contributed by atoms with Crippen molar-refractivity contribution in [1.29, 1.82) is 0 Å². The molecule has 2 aromatic carbocycles. The number of carbonyl (C=O) groups is 1. The van der Waals surface area contributed by atoms with Crippen LogP contribution < -0.4 is 10.9 Å². The van der Waals surface area contributed by atoms with Crippen molar-refractivity contribution in [1.82, 2.24) is 15.1 Å². The number of nitrogens with zero attached hydrogens (tertiary/aromatic N) is 2. The summed E-state index contributed by atoms with van der Waals surface area (Å²) in [6.07, 6.45) is -0.0351. The highest BCUT2D eigenvalue weighted by atomic mass is 35.5. The van der Waals surface area contributed by atoms with Gasteiger partial charge in [0.25, 0.3) is 5.56 Å². The second kappa shape index (κ2) is 7.66. The van der Waals surface area contributed by atoms with Gasteiger partial charge in [0.15, 0.2) is 0 Å². The van der Waals surface area contributed by atoms with Crippen molar-refractivity contribution in [3.8, 4) is 0 Å². The fourth-order valence-electron chi connectivity index (χ4n) is 2.90. The van der Waals surface area contributed by atoms with Gasteiger partial charge in [0, 0.05) is 17.5 Å². The number of hydrogen-bond acceptors (Lipinski definition) is 3. The number of halogens is 3. The summed E-state index contributed by atoms with van der Waals surface area (Å²) in [5.41, 5.74) is 0.669. The summed E-state index contributed by atoms with van der Waals surface area (Å²) in [7, 11) is 1.54. The molecule has 0 bridgehead atoms. The average molecular weight is 408 g/mol. The van der Waals surface area contributed by atoms with Crippen LogP contribution in [0.25, 0.3) is 10.8 Å². The highest BCUT2D eigenvalue weighted by Crippen LogP contribution is 2.28. The third kappa shape index (κ3) is 3.96. The maximum absolute atomic E-state index is 13.7. The molecule has 0 spiro atoms. The molecule has 1 heterocycles. The van der Waals surface area contributed by atoms with Crippen LogP contribution in [0.5, 0.6) is 0 Å². The van der Waals surface area contributed by atoms with Crippen molar-refractivity contribution in [2.75, 3.05) is 0 Å². The summed E-state index contributed by atoms with van der Waals surface area (Å²) in [6, 6.07) is 8.96. The Balaban J connectivity index is 1.85. The Bertz CT molecular complexity index is 1100. The average Bonchev–Trinajstić information content (AvgIpc) is 2.62. The van der Waals surface area contributed by atoms with Crippen molar-refractivity contribution in [2.45, 2.75) is 19.4 Å². The zero-order valence-corrected chi connectivity index (χ0v) is 16.1. The van der Waals surface area contributed by atoms with Gasteiger partial charge in [-0.2, -0.15) is 5.10 Å². The fraction of sp³-hybridized carbons (Fsp3) is 0.211.